The van der Waals surface area contributed by atoms with Crippen LogP contribution in [-0.4, -0.2) is 39.6 Å². The third-order valence-corrected chi connectivity index (χ3v) is 6.40. The highest BCUT2D eigenvalue weighted by atomic mass is 16.7. The molecule has 0 amide bonds. The van der Waals surface area contributed by atoms with Crippen LogP contribution in [0.2, 0.25) is 0 Å². The van der Waals surface area contributed by atoms with Gasteiger partial charge in [0.2, 0.25) is 0 Å². The van der Waals surface area contributed by atoms with E-state index in [0.29, 0.717) is 39.6 Å². The number of rotatable bonds is 18. The fourth-order valence-electron chi connectivity index (χ4n) is 4.41. The molecule has 3 rings (SSSR count). The van der Waals surface area contributed by atoms with Gasteiger partial charge in [0, 0.05) is 0 Å². The maximum atomic E-state index is 6.27. The molecule has 0 atom stereocenters. The summed E-state index contributed by atoms with van der Waals surface area (Å²) in [6, 6.07) is 4.04. The largest absolute Gasteiger partial charge is 0.493 e. The fourth-order valence-corrected chi connectivity index (χ4v) is 4.41. The first-order chi connectivity index (χ1) is 16.8. The van der Waals surface area contributed by atoms with Gasteiger partial charge in [0.15, 0.2) is 12.6 Å². The van der Waals surface area contributed by atoms with Gasteiger partial charge in [-0.2, -0.15) is 0 Å². The van der Waals surface area contributed by atoms with Crippen molar-refractivity contribution in [2.24, 2.45) is 0 Å². The first-order valence-electron chi connectivity index (χ1n) is 13.7. The normalized spacial score (nSPS) is 17.0. The highest BCUT2D eigenvalue weighted by Crippen LogP contribution is 2.41. The smallest absolute Gasteiger partial charge is 0.187 e. The number of hydrogen-bond donors (Lipinski definition) is 0. The Bertz CT molecular complexity index is 609. The maximum Gasteiger partial charge on any atom is 0.187 e. The van der Waals surface area contributed by atoms with Gasteiger partial charge in [-0.15, -0.1) is 0 Å². The van der Waals surface area contributed by atoms with Crippen LogP contribution < -0.4 is 9.47 Å². The van der Waals surface area contributed by atoms with Crippen molar-refractivity contribution in [3.05, 3.63) is 23.3 Å². The van der Waals surface area contributed by atoms with E-state index in [9.17, 15) is 0 Å². The van der Waals surface area contributed by atoms with Gasteiger partial charge in [-0.25, -0.2) is 0 Å². The van der Waals surface area contributed by atoms with Crippen molar-refractivity contribution in [1.29, 1.82) is 0 Å². The number of unbranched alkanes of at least 4 members (excludes halogenated alkanes) is 10. The fraction of sp³-hybridized carbons (Fsp3) is 0.786. The number of hydrogen-bond acceptors (Lipinski definition) is 6. The highest BCUT2D eigenvalue weighted by molar-refractivity contribution is 5.48. The summed E-state index contributed by atoms with van der Waals surface area (Å²) in [6.07, 6.45) is 13.9. The molecule has 6 nitrogen and oxygen atoms in total. The molecule has 2 fully saturated rings. The van der Waals surface area contributed by atoms with Crippen LogP contribution in [0, 0.1) is 0 Å². The van der Waals surface area contributed by atoms with Crippen molar-refractivity contribution in [2.75, 3.05) is 39.6 Å². The Hall–Kier alpha value is -1.34. The summed E-state index contributed by atoms with van der Waals surface area (Å²) in [7, 11) is 0. The minimum atomic E-state index is -0.421. The van der Waals surface area contributed by atoms with Crippen LogP contribution in [0.15, 0.2) is 12.1 Å². The second-order valence-electron chi connectivity index (χ2n) is 9.31. The van der Waals surface area contributed by atoms with E-state index in [1.807, 2.05) is 12.1 Å². The molecule has 0 N–H and O–H groups in total. The minimum Gasteiger partial charge on any atom is -0.493 e. The Morgan fingerprint density at radius 3 is 1.29 bits per heavy atom. The zero-order chi connectivity index (χ0) is 23.8. The molecule has 2 heterocycles. The second kappa shape index (κ2) is 16.4. The molecule has 1 aromatic rings. The van der Waals surface area contributed by atoms with Gasteiger partial charge in [0.05, 0.1) is 50.8 Å². The van der Waals surface area contributed by atoms with Crippen LogP contribution in [0.3, 0.4) is 0 Å². The minimum absolute atomic E-state index is 0.421. The van der Waals surface area contributed by atoms with E-state index in [2.05, 4.69) is 13.8 Å². The van der Waals surface area contributed by atoms with E-state index in [0.717, 1.165) is 35.5 Å². The summed E-state index contributed by atoms with van der Waals surface area (Å²) in [5.74, 6) is 1.56. The van der Waals surface area contributed by atoms with Crippen molar-refractivity contribution in [1.82, 2.24) is 0 Å². The van der Waals surface area contributed by atoms with E-state index in [4.69, 9.17) is 28.4 Å². The average molecular weight is 479 g/mol. The Kier molecular flexibility index (Phi) is 13.1. The second-order valence-corrected chi connectivity index (χ2v) is 9.31. The molecule has 0 saturated carbocycles. The predicted octanol–water partition coefficient (Wildman–Crippen LogP) is 7.26. The van der Waals surface area contributed by atoms with E-state index in [1.54, 1.807) is 0 Å². The molecule has 0 radical (unpaired) electrons. The standard InChI is InChI=1S/C28H46O6/c1-3-5-7-9-11-13-15-29-25-21-24(28-33-19-20-34-28)26(22-23(25)27-31-17-18-32-27)30-16-14-12-10-8-6-4-2/h21-22,27-28H,3-20H2,1-2H3. The first kappa shape index (κ1) is 27.3. The van der Waals surface area contributed by atoms with Gasteiger partial charge >= 0.3 is 0 Å². The lowest BCUT2D eigenvalue weighted by atomic mass is 10.1. The van der Waals surface area contributed by atoms with Crippen molar-refractivity contribution in [2.45, 2.75) is 103 Å². The summed E-state index contributed by atoms with van der Waals surface area (Å²) in [4.78, 5) is 0. The van der Waals surface area contributed by atoms with E-state index < -0.39 is 12.6 Å². The number of benzene rings is 1. The molecule has 2 aliphatic heterocycles. The van der Waals surface area contributed by atoms with Gasteiger partial charge in [-0.3, -0.25) is 0 Å². The quantitative estimate of drug-likeness (QED) is 0.207. The van der Waals surface area contributed by atoms with Crippen LogP contribution in [-0.2, 0) is 18.9 Å². The van der Waals surface area contributed by atoms with Crippen LogP contribution in [0.5, 0.6) is 11.5 Å². The van der Waals surface area contributed by atoms with Gasteiger partial charge in [-0.05, 0) is 25.0 Å². The molecule has 194 valence electrons. The molecule has 0 bridgehead atoms. The Balaban J connectivity index is 1.65. The Morgan fingerprint density at radius 2 is 0.912 bits per heavy atom. The van der Waals surface area contributed by atoms with E-state index in [-0.39, 0.29) is 0 Å². The molecular formula is C28H46O6. The highest BCUT2D eigenvalue weighted by Gasteiger charge is 2.29. The lowest BCUT2D eigenvalue weighted by Crippen LogP contribution is -2.10. The molecule has 1 aromatic carbocycles. The Morgan fingerprint density at radius 1 is 0.559 bits per heavy atom. The molecule has 0 aromatic heterocycles. The van der Waals surface area contributed by atoms with Gasteiger partial charge in [0.1, 0.15) is 11.5 Å². The van der Waals surface area contributed by atoms with Gasteiger partial charge in [-0.1, -0.05) is 78.1 Å². The predicted molar refractivity (Wildman–Crippen MR) is 133 cm³/mol. The molecule has 6 heteroatoms. The molecular weight excluding hydrogens is 432 g/mol. The van der Waals surface area contributed by atoms with Crippen molar-refractivity contribution in [3.63, 3.8) is 0 Å². The lowest BCUT2D eigenvalue weighted by Gasteiger charge is -2.22. The van der Waals surface area contributed by atoms with Gasteiger partial charge in [0.25, 0.3) is 0 Å². The van der Waals surface area contributed by atoms with Crippen molar-refractivity contribution in [3.8, 4) is 11.5 Å². The molecule has 0 unspecified atom stereocenters. The van der Waals surface area contributed by atoms with Crippen molar-refractivity contribution < 1.29 is 28.4 Å². The topological polar surface area (TPSA) is 55.4 Å². The van der Waals surface area contributed by atoms with Crippen LogP contribution in [0.1, 0.15) is 115 Å². The first-order valence-corrected chi connectivity index (χ1v) is 13.7. The van der Waals surface area contributed by atoms with Crippen molar-refractivity contribution >= 4 is 0 Å². The zero-order valence-electron chi connectivity index (χ0n) is 21.5. The van der Waals surface area contributed by atoms with E-state index >= 15 is 0 Å². The van der Waals surface area contributed by atoms with E-state index in [1.165, 1.54) is 64.2 Å². The molecule has 2 aliphatic rings. The maximum absolute atomic E-state index is 6.27. The summed E-state index contributed by atoms with van der Waals surface area (Å²) in [5.41, 5.74) is 1.78. The SMILES string of the molecule is CCCCCCCCOc1cc(C2OCCO2)c(OCCCCCCCC)cc1C1OCCO1. The molecule has 0 aliphatic carbocycles. The summed E-state index contributed by atoms with van der Waals surface area (Å²) < 4.78 is 35.9. The number of ether oxygens (including phenoxy) is 6. The van der Waals surface area contributed by atoms with Crippen LogP contribution in [0.4, 0.5) is 0 Å². The van der Waals surface area contributed by atoms with Crippen LogP contribution >= 0.6 is 0 Å². The third kappa shape index (κ3) is 9.03. The van der Waals surface area contributed by atoms with Crippen LogP contribution in [0.25, 0.3) is 0 Å². The summed E-state index contributed by atoms with van der Waals surface area (Å²) >= 11 is 0. The van der Waals surface area contributed by atoms with Gasteiger partial charge < -0.3 is 28.4 Å². The Labute approximate surface area is 206 Å². The molecule has 0 spiro atoms. The third-order valence-electron chi connectivity index (χ3n) is 6.40. The molecule has 34 heavy (non-hydrogen) atoms. The monoisotopic (exact) mass is 478 g/mol. The lowest BCUT2D eigenvalue weighted by molar-refractivity contribution is -0.0495. The summed E-state index contributed by atoms with van der Waals surface area (Å²) in [5, 5.41) is 0. The zero-order valence-corrected chi connectivity index (χ0v) is 21.5. The molecule has 2 saturated heterocycles. The summed E-state index contributed by atoms with van der Waals surface area (Å²) in [6.45, 7) is 8.20. The average Bonchev–Trinajstić information content (AvgIpc) is 3.58.